The smallest absolute Gasteiger partial charge is 0.175 e. The van der Waals surface area contributed by atoms with Crippen LogP contribution in [0.1, 0.15) is 26.1 Å². The first kappa shape index (κ1) is 10.1. The van der Waals surface area contributed by atoms with Gasteiger partial charge in [-0.2, -0.15) is 4.80 Å². The molecule has 0 aliphatic rings. The first-order valence-corrected chi connectivity index (χ1v) is 4.54. The van der Waals surface area contributed by atoms with E-state index in [1.807, 2.05) is 6.92 Å². The maximum atomic E-state index is 9.40. The van der Waals surface area contributed by atoms with Gasteiger partial charge in [0.05, 0.1) is 13.2 Å². The Morgan fingerprint density at radius 2 is 2.23 bits per heavy atom. The summed E-state index contributed by atoms with van der Waals surface area (Å²) in [5, 5.41) is 21.1. The van der Waals surface area contributed by atoms with Crippen LogP contribution in [0.15, 0.2) is 0 Å². The van der Waals surface area contributed by atoms with Crippen molar-refractivity contribution in [3.05, 3.63) is 5.82 Å². The number of rotatable bonds is 4. The van der Waals surface area contributed by atoms with Crippen molar-refractivity contribution in [3.8, 4) is 0 Å². The van der Waals surface area contributed by atoms with Crippen LogP contribution in [0.2, 0.25) is 0 Å². The molecular weight excluding hydrogens is 168 g/mol. The Balaban J connectivity index is 2.56. The SMILES string of the molecule is CCC(Cc1nnn(C)n1)C(C)O. The summed E-state index contributed by atoms with van der Waals surface area (Å²) in [6.07, 6.45) is 1.31. The molecule has 74 valence electrons. The van der Waals surface area contributed by atoms with E-state index >= 15 is 0 Å². The second-order valence-corrected chi connectivity index (χ2v) is 3.31. The number of tetrazole rings is 1. The molecule has 5 nitrogen and oxygen atoms in total. The topological polar surface area (TPSA) is 63.8 Å². The molecule has 0 amide bonds. The fourth-order valence-electron chi connectivity index (χ4n) is 1.30. The van der Waals surface area contributed by atoms with Gasteiger partial charge in [0.1, 0.15) is 0 Å². The van der Waals surface area contributed by atoms with Crippen molar-refractivity contribution in [1.29, 1.82) is 0 Å². The van der Waals surface area contributed by atoms with Crippen molar-refractivity contribution in [2.24, 2.45) is 13.0 Å². The molecule has 0 saturated heterocycles. The molecule has 1 heterocycles. The second kappa shape index (κ2) is 4.32. The second-order valence-electron chi connectivity index (χ2n) is 3.31. The summed E-state index contributed by atoms with van der Waals surface area (Å²) in [7, 11) is 1.74. The molecule has 0 bridgehead atoms. The van der Waals surface area contributed by atoms with Crippen molar-refractivity contribution in [3.63, 3.8) is 0 Å². The Bertz CT molecular complexity index is 258. The Morgan fingerprint density at radius 3 is 2.62 bits per heavy atom. The lowest BCUT2D eigenvalue weighted by Crippen LogP contribution is -2.19. The molecule has 2 atom stereocenters. The number of hydrogen-bond acceptors (Lipinski definition) is 4. The zero-order valence-electron chi connectivity index (χ0n) is 8.30. The van der Waals surface area contributed by atoms with Gasteiger partial charge in [0.2, 0.25) is 0 Å². The molecular formula is C8H16N4O. The molecule has 0 radical (unpaired) electrons. The molecule has 13 heavy (non-hydrogen) atoms. The van der Waals surface area contributed by atoms with Crippen molar-refractivity contribution in [1.82, 2.24) is 20.2 Å². The van der Waals surface area contributed by atoms with E-state index in [2.05, 4.69) is 15.4 Å². The average Bonchev–Trinajstić information content (AvgIpc) is 2.46. The third-order valence-corrected chi connectivity index (χ3v) is 2.20. The molecule has 2 unspecified atom stereocenters. The van der Waals surface area contributed by atoms with Crippen LogP contribution in [0, 0.1) is 5.92 Å². The van der Waals surface area contributed by atoms with E-state index < -0.39 is 0 Å². The summed E-state index contributed by atoms with van der Waals surface area (Å²) in [6.45, 7) is 3.85. The van der Waals surface area contributed by atoms with Crippen LogP contribution < -0.4 is 0 Å². The third kappa shape index (κ3) is 2.77. The van der Waals surface area contributed by atoms with E-state index in [0.29, 0.717) is 12.2 Å². The van der Waals surface area contributed by atoms with Crippen molar-refractivity contribution < 1.29 is 5.11 Å². The van der Waals surface area contributed by atoms with Gasteiger partial charge >= 0.3 is 0 Å². The van der Waals surface area contributed by atoms with Crippen LogP contribution in [0.4, 0.5) is 0 Å². The zero-order valence-corrected chi connectivity index (χ0v) is 8.30. The minimum absolute atomic E-state index is 0.226. The Kier molecular flexibility index (Phi) is 3.36. The molecule has 0 aliphatic heterocycles. The highest BCUT2D eigenvalue weighted by Crippen LogP contribution is 2.12. The average molecular weight is 184 g/mol. The predicted molar refractivity (Wildman–Crippen MR) is 48.0 cm³/mol. The minimum Gasteiger partial charge on any atom is -0.393 e. The summed E-state index contributed by atoms with van der Waals surface area (Å²) in [6, 6.07) is 0. The van der Waals surface area contributed by atoms with Gasteiger partial charge in [-0.1, -0.05) is 13.3 Å². The fraction of sp³-hybridized carbons (Fsp3) is 0.875. The highest BCUT2D eigenvalue weighted by atomic mass is 16.3. The van der Waals surface area contributed by atoms with Crippen LogP contribution >= 0.6 is 0 Å². The van der Waals surface area contributed by atoms with Gasteiger partial charge in [-0.25, -0.2) is 0 Å². The highest BCUT2D eigenvalue weighted by Gasteiger charge is 2.15. The molecule has 0 aromatic carbocycles. The lowest BCUT2D eigenvalue weighted by atomic mass is 9.97. The van der Waals surface area contributed by atoms with Gasteiger partial charge in [-0.3, -0.25) is 0 Å². The van der Waals surface area contributed by atoms with E-state index in [1.54, 1.807) is 14.0 Å². The maximum absolute atomic E-state index is 9.40. The van der Waals surface area contributed by atoms with Gasteiger partial charge in [-0.05, 0) is 18.1 Å². The van der Waals surface area contributed by atoms with Crippen molar-refractivity contribution in [2.45, 2.75) is 32.8 Å². The quantitative estimate of drug-likeness (QED) is 0.724. The number of aliphatic hydroxyl groups excluding tert-OH is 1. The number of aryl methyl sites for hydroxylation is 1. The molecule has 0 aliphatic carbocycles. The van der Waals surface area contributed by atoms with E-state index in [4.69, 9.17) is 0 Å². The van der Waals surface area contributed by atoms with Gasteiger partial charge in [0.15, 0.2) is 5.82 Å². The number of aromatic nitrogens is 4. The molecule has 1 aromatic rings. The summed E-state index contributed by atoms with van der Waals surface area (Å²) in [4.78, 5) is 1.43. The molecule has 1 aromatic heterocycles. The maximum Gasteiger partial charge on any atom is 0.175 e. The fourth-order valence-corrected chi connectivity index (χ4v) is 1.30. The Hall–Kier alpha value is -0.970. The van der Waals surface area contributed by atoms with Gasteiger partial charge in [0, 0.05) is 6.42 Å². The highest BCUT2D eigenvalue weighted by molar-refractivity contribution is 4.82. The van der Waals surface area contributed by atoms with Crippen LogP contribution in [0.5, 0.6) is 0 Å². The summed E-state index contributed by atoms with van der Waals surface area (Å²) in [5.41, 5.74) is 0. The molecule has 1 rings (SSSR count). The van der Waals surface area contributed by atoms with E-state index in [1.165, 1.54) is 4.80 Å². The summed E-state index contributed by atoms with van der Waals surface area (Å²) < 4.78 is 0. The van der Waals surface area contributed by atoms with E-state index in [9.17, 15) is 5.11 Å². The Morgan fingerprint density at radius 1 is 1.54 bits per heavy atom. The Labute approximate surface area is 77.8 Å². The van der Waals surface area contributed by atoms with Gasteiger partial charge in [0.25, 0.3) is 0 Å². The molecule has 5 heteroatoms. The molecule has 0 spiro atoms. The first-order chi connectivity index (χ1) is 6.13. The van der Waals surface area contributed by atoms with Gasteiger partial charge in [-0.15, -0.1) is 10.2 Å². The van der Waals surface area contributed by atoms with Gasteiger partial charge < -0.3 is 5.11 Å². The molecule has 0 fully saturated rings. The normalized spacial score (nSPS) is 15.7. The molecule has 0 saturated carbocycles. The summed E-state index contributed by atoms with van der Waals surface area (Å²) in [5.74, 6) is 0.930. The van der Waals surface area contributed by atoms with E-state index in [0.717, 1.165) is 6.42 Å². The monoisotopic (exact) mass is 184 g/mol. The lowest BCUT2D eigenvalue weighted by Gasteiger charge is -2.15. The zero-order chi connectivity index (χ0) is 9.84. The first-order valence-electron chi connectivity index (χ1n) is 4.54. The lowest BCUT2D eigenvalue weighted by molar-refractivity contribution is 0.121. The van der Waals surface area contributed by atoms with Crippen molar-refractivity contribution >= 4 is 0 Å². The largest absolute Gasteiger partial charge is 0.393 e. The standard InChI is InChI=1S/C8H16N4O/c1-4-7(6(2)13)5-8-9-11-12(3)10-8/h6-7,13H,4-5H2,1-3H3. The minimum atomic E-state index is -0.311. The van der Waals surface area contributed by atoms with Crippen LogP contribution in [-0.4, -0.2) is 31.4 Å². The number of hydrogen-bond donors (Lipinski definition) is 1. The van der Waals surface area contributed by atoms with E-state index in [-0.39, 0.29) is 12.0 Å². The third-order valence-electron chi connectivity index (χ3n) is 2.20. The van der Waals surface area contributed by atoms with Crippen molar-refractivity contribution in [2.75, 3.05) is 0 Å². The van der Waals surface area contributed by atoms with Crippen LogP contribution in [0.25, 0.3) is 0 Å². The number of aliphatic hydroxyl groups is 1. The van der Waals surface area contributed by atoms with Crippen LogP contribution in [0.3, 0.4) is 0 Å². The summed E-state index contributed by atoms with van der Waals surface area (Å²) >= 11 is 0. The number of nitrogens with zero attached hydrogens (tertiary/aromatic N) is 4. The molecule has 1 N–H and O–H groups in total. The van der Waals surface area contributed by atoms with Crippen LogP contribution in [-0.2, 0) is 13.5 Å². The predicted octanol–water partition coefficient (Wildman–Crippen LogP) is 0.160.